The highest BCUT2D eigenvalue weighted by Gasteiger charge is 2.31. The minimum atomic E-state index is -4.39. The van der Waals surface area contributed by atoms with Gasteiger partial charge >= 0.3 is 6.18 Å². The van der Waals surface area contributed by atoms with Gasteiger partial charge in [0.1, 0.15) is 11.9 Å². The van der Waals surface area contributed by atoms with Crippen molar-refractivity contribution in [3.8, 4) is 6.07 Å². The third-order valence-corrected chi connectivity index (χ3v) is 4.96. The van der Waals surface area contributed by atoms with E-state index < -0.39 is 11.7 Å². The Morgan fingerprint density at radius 2 is 1.93 bits per heavy atom. The quantitative estimate of drug-likeness (QED) is 0.806. The van der Waals surface area contributed by atoms with E-state index in [1.54, 1.807) is 24.3 Å². The first kappa shape index (κ1) is 21.6. The van der Waals surface area contributed by atoms with E-state index in [1.165, 1.54) is 6.07 Å². The van der Waals surface area contributed by atoms with Gasteiger partial charge in [0, 0.05) is 38.8 Å². The van der Waals surface area contributed by atoms with Crippen molar-refractivity contribution in [3.63, 3.8) is 0 Å². The Kier molecular flexibility index (Phi) is 6.90. The first-order valence-electron chi connectivity index (χ1n) is 9.66. The second-order valence-corrected chi connectivity index (χ2v) is 7.04. The number of nitrogens with one attached hydrogen (secondary N) is 1. The minimum Gasteiger partial charge on any atom is -0.355 e. The summed E-state index contributed by atoms with van der Waals surface area (Å²) in [6, 6.07) is 11.3. The molecule has 1 fully saturated rings. The molecule has 1 saturated heterocycles. The summed E-state index contributed by atoms with van der Waals surface area (Å²) in [4.78, 5) is 20.3. The molecule has 0 radical (unpaired) electrons. The molecular weight excluding hydrogens is 395 g/mol. The highest BCUT2D eigenvalue weighted by Crippen LogP contribution is 2.29. The van der Waals surface area contributed by atoms with Crippen molar-refractivity contribution in [2.75, 3.05) is 42.9 Å². The molecule has 0 spiro atoms. The topological polar surface area (TPSA) is 72.3 Å². The molecule has 1 aromatic carbocycles. The average molecular weight is 417 g/mol. The van der Waals surface area contributed by atoms with Crippen molar-refractivity contribution < 1.29 is 18.0 Å². The number of carbonyl (C=O) groups is 1. The molecule has 3 rings (SSSR count). The van der Waals surface area contributed by atoms with Gasteiger partial charge < -0.3 is 15.1 Å². The molecule has 1 aliphatic rings. The Morgan fingerprint density at radius 3 is 2.63 bits per heavy atom. The lowest BCUT2D eigenvalue weighted by Crippen LogP contribution is -2.33. The molecule has 0 atom stereocenters. The first-order valence-corrected chi connectivity index (χ1v) is 9.66. The second-order valence-electron chi connectivity index (χ2n) is 7.04. The molecule has 0 unspecified atom stereocenters. The third kappa shape index (κ3) is 5.70. The number of halogens is 3. The van der Waals surface area contributed by atoms with E-state index in [2.05, 4.69) is 15.2 Å². The number of hydrogen-bond donors (Lipinski definition) is 1. The van der Waals surface area contributed by atoms with E-state index in [4.69, 9.17) is 5.26 Å². The largest absolute Gasteiger partial charge is 0.417 e. The van der Waals surface area contributed by atoms with Crippen LogP contribution in [0, 0.1) is 11.3 Å². The van der Waals surface area contributed by atoms with Crippen molar-refractivity contribution in [1.82, 2.24) is 9.88 Å². The van der Waals surface area contributed by atoms with Gasteiger partial charge in [-0.3, -0.25) is 4.79 Å². The third-order valence-electron chi connectivity index (χ3n) is 4.96. The lowest BCUT2D eigenvalue weighted by atomic mass is 10.2. The Morgan fingerprint density at radius 1 is 1.13 bits per heavy atom. The number of amides is 1. The molecule has 0 bridgehead atoms. The van der Waals surface area contributed by atoms with E-state index in [9.17, 15) is 18.0 Å². The molecule has 1 amide bonds. The highest BCUT2D eigenvalue weighted by molar-refractivity contribution is 5.92. The van der Waals surface area contributed by atoms with Crippen LogP contribution in [0.5, 0.6) is 0 Å². The van der Waals surface area contributed by atoms with Crippen LogP contribution in [0.1, 0.15) is 24.0 Å². The predicted molar refractivity (Wildman–Crippen MR) is 107 cm³/mol. The van der Waals surface area contributed by atoms with E-state index in [0.29, 0.717) is 43.2 Å². The monoisotopic (exact) mass is 417 g/mol. The number of para-hydroxylation sites is 1. The summed E-state index contributed by atoms with van der Waals surface area (Å²) < 4.78 is 38.1. The van der Waals surface area contributed by atoms with E-state index in [1.807, 2.05) is 11.0 Å². The Bertz CT molecular complexity index is 908. The zero-order valence-electron chi connectivity index (χ0n) is 16.3. The number of rotatable bonds is 5. The lowest BCUT2D eigenvalue weighted by Gasteiger charge is -2.23. The Labute approximate surface area is 172 Å². The molecular formula is C21H22F3N5O. The summed E-state index contributed by atoms with van der Waals surface area (Å²) in [5, 5.41) is 11.9. The van der Waals surface area contributed by atoms with Gasteiger partial charge in [-0.05, 0) is 37.2 Å². The van der Waals surface area contributed by atoms with Gasteiger partial charge in [0.05, 0.1) is 16.8 Å². The Balaban J connectivity index is 1.49. The fourth-order valence-electron chi connectivity index (χ4n) is 3.33. The number of pyridine rings is 1. The van der Waals surface area contributed by atoms with Gasteiger partial charge in [0.25, 0.3) is 0 Å². The van der Waals surface area contributed by atoms with Crippen molar-refractivity contribution in [1.29, 1.82) is 5.26 Å². The molecule has 2 heterocycles. The number of nitrogens with zero attached hydrogens (tertiary/aromatic N) is 4. The number of benzene rings is 1. The maximum atomic E-state index is 12.7. The normalized spacial score (nSPS) is 15.3. The number of aromatic nitrogens is 1. The molecule has 30 heavy (non-hydrogen) atoms. The van der Waals surface area contributed by atoms with Crippen LogP contribution in [-0.2, 0) is 11.0 Å². The summed E-state index contributed by atoms with van der Waals surface area (Å²) >= 11 is 0. The molecule has 2 aromatic rings. The van der Waals surface area contributed by atoms with Crippen LogP contribution in [0.2, 0.25) is 0 Å². The average Bonchev–Trinajstić information content (AvgIpc) is 2.98. The van der Waals surface area contributed by atoms with Crippen LogP contribution in [0.3, 0.4) is 0 Å². The number of carbonyl (C=O) groups excluding carboxylic acids is 1. The Hall–Kier alpha value is -3.12. The van der Waals surface area contributed by atoms with Gasteiger partial charge in [-0.2, -0.15) is 18.4 Å². The van der Waals surface area contributed by atoms with Crippen molar-refractivity contribution in [3.05, 3.63) is 53.7 Å². The smallest absolute Gasteiger partial charge is 0.355 e. The number of hydrogen-bond acceptors (Lipinski definition) is 5. The molecule has 1 N–H and O–H groups in total. The van der Waals surface area contributed by atoms with Gasteiger partial charge in [0.2, 0.25) is 5.91 Å². The summed E-state index contributed by atoms with van der Waals surface area (Å²) in [5.41, 5.74) is 0.160. The molecule has 9 heteroatoms. The van der Waals surface area contributed by atoms with Crippen LogP contribution in [0.4, 0.5) is 24.7 Å². The van der Waals surface area contributed by atoms with Crippen LogP contribution in [0.15, 0.2) is 42.6 Å². The standard InChI is InChI=1S/C21H22F3N5O/c22-21(23,24)17-6-7-19(26-15-17)29-10-3-9-28(12-13-29)11-8-20(30)27-18-5-2-1-4-16(18)14-25/h1-2,4-7,15H,3,8-13H2,(H,27,30). The molecule has 6 nitrogen and oxygen atoms in total. The molecule has 0 saturated carbocycles. The zero-order chi connectivity index (χ0) is 21.6. The van der Waals surface area contributed by atoms with Gasteiger partial charge in [0.15, 0.2) is 0 Å². The number of anilines is 2. The van der Waals surface area contributed by atoms with Crippen molar-refractivity contribution >= 4 is 17.4 Å². The van der Waals surface area contributed by atoms with E-state index >= 15 is 0 Å². The summed E-state index contributed by atoms with van der Waals surface area (Å²) in [6.07, 6.45) is -2.42. The van der Waals surface area contributed by atoms with Crippen LogP contribution < -0.4 is 10.2 Å². The van der Waals surface area contributed by atoms with E-state index in [-0.39, 0.29) is 12.3 Å². The maximum Gasteiger partial charge on any atom is 0.417 e. The predicted octanol–water partition coefficient (Wildman–Crippen LogP) is 3.51. The number of nitriles is 1. The zero-order valence-corrected chi connectivity index (χ0v) is 16.3. The van der Waals surface area contributed by atoms with Gasteiger partial charge in [-0.1, -0.05) is 12.1 Å². The second kappa shape index (κ2) is 9.59. The molecule has 0 aliphatic carbocycles. The maximum absolute atomic E-state index is 12.7. The van der Waals surface area contributed by atoms with Crippen LogP contribution in [0.25, 0.3) is 0 Å². The fraction of sp³-hybridized carbons (Fsp3) is 0.381. The summed E-state index contributed by atoms with van der Waals surface area (Å²) in [6.45, 7) is 3.35. The molecule has 158 valence electrons. The van der Waals surface area contributed by atoms with Gasteiger partial charge in [-0.15, -0.1) is 0 Å². The summed E-state index contributed by atoms with van der Waals surface area (Å²) in [7, 11) is 0. The van der Waals surface area contributed by atoms with Crippen LogP contribution >= 0.6 is 0 Å². The molecule has 1 aliphatic heterocycles. The first-order chi connectivity index (χ1) is 14.4. The van der Waals surface area contributed by atoms with Crippen molar-refractivity contribution in [2.45, 2.75) is 19.0 Å². The van der Waals surface area contributed by atoms with Crippen LogP contribution in [-0.4, -0.2) is 48.5 Å². The summed E-state index contributed by atoms with van der Waals surface area (Å²) in [5.74, 6) is 0.360. The number of alkyl halides is 3. The fourth-order valence-corrected chi connectivity index (χ4v) is 3.33. The van der Waals surface area contributed by atoms with Gasteiger partial charge in [-0.25, -0.2) is 4.98 Å². The molecule has 1 aromatic heterocycles. The highest BCUT2D eigenvalue weighted by atomic mass is 19.4. The van der Waals surface area contributed by atoms with E-state index in [0.717, 1.165) is 25.2 Å². The SMILES string of the molecule is N#Cc1ccccc1NC(=O)CCN1CCCN(c2ccc(C(F)(F)F)cn2)CC1. The lowest BCUT2D eigenvalue weighted by molar-refractivity contribution is -0.137. The van der Waals surface area contributed by atoms with Crippen molar-refractivity contribution in [2.24, 2.45) is 0 Å². The minimum absolute atomic E-state index is 0.164.